The van der Waals surface area contributed by atoms with Gasteiger partial charge in [0.1, 0.15) is 0 Å². The molecular weight excluding hydrogens is 144 g/mol. The highest BCUT2D eigenvalue weighted by molar-refractivity contribution is 5.53. The van der Waals surface area contributed by atoms with Crippen molar-refractivity contribution in [3.63, 3.8) is 0 Å². The second-order valence-corrected chi connectivity index (χ2v) is 3.65. The van der Waals surface area contributed by atoms with Crippen LogP contribution in [0, 0.1) is 0 Å². The van der Waals surface area contributed by atoms with Crippen LogP contribution in [0.3, 0.4) is 0 Å². The van der Waals surface area contributed by atoms with Crippen LogP contribution in [-0.2, 0) is 0 Å². The van der Waals surface area contributed by atoms with Crippen molar-refractivity contribution in [2.45, 2.75) is 39.0 Å². The summed E-state index contributed by atoms with van der Waals surface area (Å²) < 4.78 is 0. The molecule has 0 aliphatic heterocycles. The summed E-state index contributed by atoms with van der Waals surface area (Å²) in [6, 6.07) is 0. The fourth-order valence-electron chi connectivity index (χ4n) is 1.97. The molecule has 0 aromatic carbocycles. The number of hydrogen-bond donors (Lipinski definition) is 0. The largest absolute Gasteiger partial charge is 0.0770 e. The van der Waals surface area contributed by atoms with Crippen molar-refractivity contribution in [2.24, 2.45) is 0 Å². The van der Waals surface area contributed by atoms with Gasteiger partial charge in [-0.2, -0.15) is 0 Å². The summed E-state index contributed by atoms with van der Waals surface area (Å²) in [5.74, 6) is 0. The van der Waals surface area contributed by atoms with Crippen LogP contribution in [0.4, 0.5) is 0 Å². The fourth-order valence-corrected chi connectivity index (χ4v) is 1.97. The zero-order valence-electron chi connectivity index (χ0n) is 7.77. The van der Waals surface area contributed by atoms with Crippen molar-refractivity contribution in [3.05, 3.63) is 34.9 Å². The molecule has 0 aromatic heterocycles. The van der Waals surface area contributed by atoms with Crippen LogP contribution >= 0.6 is 0 Å². The third kappa shape index (κ3) is 1.38. The Kier molecular flexibility index (Phi) is 2.16. The molecule has 0 spiro atoms. The molecule has 2 rings (SSSR count). The summed E-state index contributed by atoms with van der Waals surface area (Å²) in [6.45, 7) is 2.23. The first kappa shape index (κ1) is 7.85. The van der Waals surface area contributed by atoms with Crippen molar-refractivity contribution < 1.29 is 0 Å². The molecule has 0 N–H and O–H groups in total. The Morgan fingerprint density at radius 1 is 1.25 bits per heavy atom. The van der Waals surface area contributed by atoms with Crippen molar-refractivity contribution in [1.29, 1.82) is 0 Å². The molecule has 0 nitrogen and oxygen atoms in total. The van der Waals surface area contributed by atoms with Gasteiger partial charge in [-0.1, -0.05) is 25.2 Å². The van der Waals surface area contributed by atoms with E-state index in [1.165, 1.54) is 43.3 Å². The smallest absolute Gasteiger partial charge is 0.0262 e. The molecule has 0 heteroatoms. The van der Waals surface area contributed by atoms with Gasteiger partial charge in [-0.05, 0) is 48.8 Å². The van der Waals surface area contributed by atoms with Crippen LogP contribution < -0.4 is 0 Å². The number of fused-ring (bicyclic) bond motifs is 1. The molecule has 0 atom stereocenters. The van der Waals surface area contributed by atoms with E-state index in [9.17, 15) is 0 Å². The first-order valence-corrected chi connectivity index (χ1v) is 5.02. The lowest BCUT2D eigenvalue weighted by molar-refractivity contribution is 0.765. The minimum absolute atomic E-state index is 1.18. The van der Waals surface area contributed by atoms with Gasteiger partial charge in [0.15, 0.2) is 0 Å². The van der Waals surface area contributed by atoms with E-state index in [0.29, 0.717) is 0 Å². The summed E-state index contributed by atoms with van der Waals surface area (Å²) in [7, 11) is 0. The minimum atomic E-state index is 1.18. The Balaban J connectivity index is 2.25. The quantitative estimate of drug-likeness (QED) is 0.548. The highest BCUT2D eigenvalue weighted by Gasteiger charge is 2.12. The van der Waals surface area contributed by atoms with Gasteiger partial charge in [0.05, 0.1) is 0 Å². The molecule has 0 radical (unpaired) electrons. The van der Waals surface area contributed by atoms with Gasteiger partial charge in [-0.15, -0.1) is 0 Å². The number of rotatable bonds is 1. The van der Waals surface area contributed by atoms with E-state index in [1.54, 1.807) is 5.57 Å². The molecule has 0 saturated heterocycles. The van der Waals surface area contributed by atoms with Gasteiger partial charge < -0.3 is 0 Å². The zero-order chi connectivity index (χ0) is 8.39. The average molecular weight is 160 g/mol. The Labute approximate surface area is 74.7 Å². The summed E-state index contributed by atoms with van der Waals surface area (Å²) in [5, 5.41) is 0. The van der Waals surface area contributed by atoms with Crippen molar-refractivity contribution >= 4 is 0 Å². The third-order valence-corrected chi connectivity index (χ3v) is 2.74. The predicted molar refractivity (Wildman–Crippen MR) is 53.0 cm³/mol. The first-order chi connectivity index (χ1) is 5.90. The lowest BCUT2D eigenvalue weighted by Crippen LogP contribution is -1.78. The van der Waals surface area contributed by atoms with Gasteiger partial charge in [0.2, 0.25) is 0 Å². The van der Waals surface area contributed by atoms with Gasteiger partial charge in [0.25, 0.3) is 0 Å². The predicted octanol–water partition coefficient (Wildman–Crippen LogP) is 3.76. The van der Waals surface area contributed by atoms with Gasteiger partial charge >= 0.3 is 0 Å². The number of hydrogen-bond acceptors (Lipinski definition) is 0. The van der Waals surface area contributed by atoms with Gasteiger partial charge in [-0.25, -0.2) is 0 Å². The normalized spacial score (nSPS) is 22.2. The molecule has 0 fully saturated rings. The topological polar surface area (TPSA) is 0 Å². The maximum absolute atomic E-state index is 2.40. The summed E-state index contributed by atoms with van der Waals surface area (Å²) in [4.78, 5) is 0. The van der Waals surface area contributed by atoms with Gasteiger partial charge in [-0.3, -0.25) is 0 Å². The summed E-state index contributed by atoms with van der Waals surface area (Å²) >= 11 is 0. The van der Waals surface area contributed by atoms with Crippen LogP contribution in [-0.4, -0.2) is 0 Å². The van der Waals surface area contributed by atoms with E-state index < -0.39 is 0 Å². The summed E-state index contributed by atoms with van der Waals surface area (Å²) in [5.41, 5.74) is 4.62. The van der Waals surface area contributed by atoms with E-state index in [-0.39, 0.29) is 0 Å². The highest BCUT2D eigenvalue weighted by Crippen LogP contribution is 2.31. The molecule has 0 amide bonds. The van der Waals surface area contributed by atoms with Gasteiger partial charge in [0, 0.05) is 0 Å². The molecule has 0 bridgehead atoms. The molecule has 0 heterocycles. The van der Waals surface area contributed by atoms with Crippen LogP contribution in [0.1, 0.15) is 39.0 Å². The second kappa shape index (κ2) is 3.30. The van der Waals surface area contributed by atoms with E-state index >= 15 is 0 Å². The standard InChI is InChI=1S/C12H16/c1-2-10-8-11-6-4-3-5-7-12(11)9-10/h6,8-9H,2-5,7H2,1H3. The molecule has 2 aliphatic rings. The maximum Gasteiger partial charge on any atom is -0.0262 e. The monoisotopic (exact) mass is 160 g/mol. The second-order valence-electron chi connectivity index (χ2n) is 3.65. The van der Waals surface area contributed by atoms with E-state index in [0.717, 1.165) is 0 Å². The Morgan fingerprint density at radius 2 is 2.17 bits per heavy atom. The average Bonchev–Trinajstić information content (AvgIpc) is 2.37. The number of allylic oxidation sites excluding steroid dienone is 6. The van der Waals surface area contributed by atoms with E-state index in [1.807, 2.05) is 0 Å². The third-order valence-electron chi connectivity index (χ3n) is 2.74. The van der Waals surface area contributed by atoms with Crippen LogP contribution in [0.25, 0.3) is 0 Å². The van der Waals surface area contributed by atoms with Crippen LogP contribution in [0.2, 0.25) is 0 Å². The van der Waals surface area contributed by atoms with Crippen molar-refractivity contribution in [3.8, 4) is 0 Å². The lowest BCUT2D eigenvalue weighted by atomic mass is 10.1. The summed E-state index contributed by atoms with van der Waals surface area (Å²) in [6.07, 6.45) is 13.7. The van der Waals surface area contributed by atoms with Crippen molar-refractivity contribution in [1.82, 2.24) is 0 Å². The molecule has 0 aromatic rings. The SMILES string of the molecule is CCC1=CC2=CCCCCC2=C1. The molecule has 64 valence electrons. The maximum atomic E-state index is 2.40. The molecule has 0 unspecified atom stereocenters. The van der Waals surface area contributed by atoms with E-state index in [4.69, 9.17) is 0 Å². The fraction of sp³-hybridized carbons (Fsp3) is 0.500. The van der Waals surface area contributed by atoms with Crippen LogP contribution in [0.5, 0.6) is 0 Å². The highest BCUT2D eigenvalue weighted by atomic mass is 14.2. The molecule has 2 aliphatic carbocycles. The Morgan fingerprint density at radius 3 is 3.00 bits per heavy atom. The Hall–Kier alpha value is -0.780. The molecule has 0 saturated carbocycles. The first-order valence-electron chi connectivity index (χ1n) is 5.02. The Bertz CT molecular complexity index is 264. The minimum Gasteiger partial charge on any atom is -0.0770 e. The molecule has 12 heavy (non-hydrogen) atoms. The van der Waals surface area contributed by atoms with Crippen LogP contribution in [0.15, 0.2) is 34.9 Å². The van der Waals surface area contributed by atoms with E-state index in [2.05, 4.69) is 25.2 Å². The zero-order valence-corrected chi connectivity index (χ0v) is 7.77. The lowest BCUT2D eigenvalue weighted by Gasteiger charge is -1.97. The molecular formula is C12H16. The van der Waals surface area contributed by atoms with Crippen molar-refractivity contribution in [2.75, 3.05) is 0 Å².